The summed E-state index contributed by atoms with van der Waals surface area (Å²) in [6.07, 6.45) is 3.42. The third-order valence-electron chi connectivity index (χ3n) is 2.68. The summed E-state index contributed by atoms with van der Waals surface area (Å²) in [6, 6.07) is 11.9. The number of pyridine rings is 1. The van der Waals surface area contributed by atoms with Gasteiger partial charge in [0.1, 0.15) is 12.4 Å². The van der Waals surface area contributed by atoms with Crippen LogP contribution in [0.3, 0.4) is 0 Å². The monoisotopic (exact) mass is 258 g/mol. The summed E-state index contributed by atoms with van der Waals surface area (Å²) in [5.41, 5.74) is 7.67. The molecule has 4 heteroatoms. The molecule has 1 aromatic carbocycles. The maximum atomic E-state index is 5.62. The Labute approximate surface area is 113 Å². The van der Waals surface area contributed by atoms with Gasteiger partial charge in [0, 0.05) is 24.5 Å². The largest absolute Gasteiger partial charge is 0.491 e. The molecule has 2 aromatic rings. The number of benzene rings is 1. The minimum Gasteiger partial charge on any atom is -0.491 e. The first-order chi connectivity index (χ1) is 9.40. The average molecular weight is 258 g/mol. The normalized spacial score (nSPS) is 10.4. The zero-order valence-electron chi connectivity index (χ0n) is 10.8. The summed E-state index contributed by atoms with van der Waals surface area (Å²) in [5.74, 6) is 0.779. The highest BCUT2D eigenvalue weighted by Crippen LogP contribution is 2.15. The van der Waals surface area contributed by atoms with Crippen LogP contribution < -0.4 is 10.5 Å². The Morgan fingerprint density at radius 3 is 2.68 bits per heavy atom. The Morgan fingerprint density at radius 2 is 1.89 bits per heavy atom. The van der Waals surface area contributed by atoms with Crippen molar-refractivity contribution in [1.29, 1.82) is 0 Å². The molecule has 0 bridgehead atoms. The number of aromatic nitrogens is 1. The molecule has 1 heterocycles. The van der Waals surface area contributed by atoms with Gasteiger partial charge < -0.3 is 15.2 Å². The Balaban J connectivity index is 1.69. The average Bonchev–Trinajstić information content (AvgIpc) is 2.48. The summed E-state index contributed by atoms with van der Waals surface area (Å²) in [6.45, 7) is 2.07. The second-order valence-electron chi connectivity index (χ2n) is 4.07. The molecule has 0 aliphatic rings. The molecule has 0 saturated heterocycles. The summed E-state index contributed by atoms with van der Waals surface area (Å²) in [7, 11) is 0. The zero-order chi connectivity index (χ0) is 13.3. The van der Waals surface area contributed by atoms with Crippen molar-refractivity contribution in [3.63, 3.8) is 0 Å². The zero-order valence-corrected chi connectivity index (χ0v) is 10.8. The third kappa shape index (κ3) is 4.35. The van der Waals surface area contributed by atoms with Gasteiger partial charge in [0.15, 0.2) is 0 Å². The van der Waals surface area contributed by atoms with Gasteiger partial charge in [-0.3, -0.25) is 4.98 Å². The molecule has 0 aliphatic carbocycles. The van der Waals surface area contributed by atoms with E-state index in [2.05, 4.69) is 4.98 Å². The molecule has 2 N–H and O–H groups in total. The van der Waals surface area contributed by atoms with Gasteiger partial charge in [-0.1, -0.05) is 30.3 Å². The summed E-state index contributed by atoms with van der Waals surface area (Å²) in [5, 5.41) is 0. The van der Waals surface area contributed by atoms with Gasteiger partial charge in [0.2, 0.25) is 0 Å². The van der Waals surface area contributed by atoms with Crippen molar-refractivity contribution in [2.75, 3.05) is 13.2 Å². The van der Waals surface area contributed by atoms with E-state index >= 15 is 0 Å². The molecular formula is C15H18N2O2. The molecule has 0 unspecified atom stereocenters. The highest BCUT2D eigenvalue weighted by atomic mass is 16.5. The fourth-order valence-corrected chi connectivity index (χ4v) is 1.68. The van der Waals surface area contributed by atoms with E-state index in [0.717, 1.165) is 16.9 Å². The molecule has 19 heavy (non-hydrogen) atoms. The Hall–Kier alpha value is -1.91. The van der Waals surface area contributed by atoms with E-state index in [0.29, 0.717) is 26.4 Å². The smallest absolute Gasteiger partial charge is 0.126 e. The topological polar surface area (TPSA) is 57.4 Å². The van der Waals surface area contributed by atoms with E-state index in [-0.39, 0.29) is 0 Å². The van der Waals surface area contributed by atoms with Crippen LogP contribution in [0.15, 0.2) is 48.8 Å². The van der Waals surface area contributed by atoms with Gasteiger partial charge in [-0.2, -0.15) is 0 Å². The van der Waals surface area contributed by atoms with Gasteiger partial charge in [-0.05, 0) is 11.6 Å². The van der Waals surface area contributed by atoms with Crippen molar-refractivity contribution in [1.82, 2.24) is 4.98 Å². The predicted molar refractivity (Wildman–Crippen MR) is 73.7 cm³/mol. The van der Waals surface area contributed by atoms with Crippen molar-refractivity contribution in [2.45, 2.75) is 13.2 Å². The van der Waals surface area contributed by atoms with E-state index in [1.165, 1.54) is 0 Å². The Bertz CT molecular complexity index is 489. The molecule has 0 radical (unpaired) electrons. The predicted octanol–water partition coefficient (Wildman–Crippen LogP) is 2.14. The van der Waals surface area contributed by atoms with Gasteiger partial charge in [-0.15, -0.1) is 0 Å². The molecule has 0 amide bonds. The van der Waals surface area contributed by atoms with Crippen LogP contribution in [0.5, 0.6) is 5.75 Å². The number of hydrogen-bond acceptors (Lipinski definition) is 4. The second-order valence-corrected chi connectivity index (χ2v) is 4.07. The van der Waals surface area contributed by atoms with Crippen molar-refractivity contribution in [3.8, 4) is 5.75 Å². The van der Waals surface area contributed by atoms with E-state index in [9.17, 15) is 0 Å². The minimum atomic E-state index is 0.425. The highest BCUT2D eigenvalue weighted by Gasteiger charge is 2.01. The van der Waals surface area contributed by atoms with Crippen LogP contribution in [-0.4, -0.2) is 18.2 Å². The highest BCUT2D eigenvalue weighted by molar-refractivity contribution is 5.29. The summed E-state index contributed by atoms with van der Waals surface area (Å²) in [4.78, 5) is 4.01. The fourth-order valence-electron chi connectivity index (χ4n) is 1.68. The molecule has 1 aromatic heterocycles. The van der Waals surface area contributed by atoms with E-state index in [4.69, 9.17) is 15.2 Å². The summed E-state index contributed by atoms with van der Waals surface area (Å²) >= 11 is 0. The lowest BCUT2D eigenvalue weighted by Gasteiger charge is -2.10. The number of hydrogen-bond donors (Lipinski definition) is 1. The van der Waals surface area contributed by atoms with Crippen LogP contribution >= 0.6 is 0 Å². The molecule has 0 spiro atoms. The fraction of sp³-hybridized carbons (Fsp3) is 0.267. The van der Waals surface area contributed by atoms with Crippen LogP contribution in [0.2, 0.25) is 0 Å². The number of ether oxygens (including phenoxy) is 2. The van der Waals surface area contributed by atoms with Crippen molar-refractivity contribution < 1.29 is 9.47 Å². The molecule has 2 rings (SSSR count). The molecule has 0 aliphatic heterocycles. The standard InChI is InChI=1S/C15H18N2O2/c16-10-14-11-17-7-6-15(14)19-9-8-18-12-13-4-2-1-3-5-13/h1-7,11H,8-10,12,16H2. The van der Waals surface area contributed by atoms with E-state index in [1.807, 2.05) is 36.4 Å². The van der Waals surface area contributed by atoms with E-state index < -0.39 is 0 Å². The van der Waals surface area contributed by atoms with Crippen LogP contribution in [0, 0.1) is 0 Å². The Kier molecular flexibility index (Phi) is 5.34. The lowest BCUT2D eigenvalue weighted by Crippen LogP contribution is -2.09. The van der Waals surface area contributed by atoms with E-state index in [1.54, 1.807) is 12.4 Å². The van der Waals surface area contributed by atoms with Crippen molar-refractivity contribution >= 4 is 0 Å². The third-order valence-corrected chi connectivity index (χ3v) is 2.68. The Morgan fingerprint density at radius 1 is 1.05 bits per heavy atom. The number of nitrogens with zero attached hydrogens (tertiary/aromatic N) is 1. The van der Waals surface area contributed by atoms with Crippen LogP contribution in [-0.2, 0) is 17.9 Å². The maximum Gasteiger partial charge on any atom is 0.126 e. The maximum absolute atomic E-state index is 5.62. The van der Waals surface area contributed by atoms with Crippen LogP contribution in [0.1, 0.15) is 11.1 Å². The lowest BCUT2D eigenvalue weighted by atomic mass is 10.2. The first-order valence-electron chi connectivity index (χ1n) is 6.27. The molecule has 0 saturated carbocycles. The van der Waals surface area contributed by atoms with Gasteiger partial charge in [0.25, 0.3) is 0 Å². The first-order valence-corrected chi connectivity index (χ1v) is 6.27. The number of nitrogens with two attached hydrogens (primary N) is 1. The van der Waals surface area contributed by atoms with Crippen LogP contribution in [0.4, 0.5) is 0 Å². The lowest BCUT2D eigenvalue weighted by molar-refractivity contribution is 0.0886. The molecule has 100 valence electrons. The first kappa shape index (κ1) is 13.5. The van der Waals surface area contributed by atoms with Crippen molar-refractivity contribution in [3.05, 3.63) is 59.9 Å². The van der Waals surface area contributed by atoms with Gasteiger partial charge in [0.05, 0.1) is 13.2 Å². The molecular weight excluding hydrogens is 240 g/mol. The van der Waals surface area contributed by atoms with Gasteiger partial charge in [-0.25, -0.2) is 0 Å². The molecule has 4 nitrogen and oxygen atoms in total. The SMILES string of the molecule is NCc1cnccc1OCCOCc1ccccc1. The van der Waals surface area contributed by atoms with Gasteiger partial charge >= 0.3 is 0 Å². The molecule has 0 atom stereocenters. The van der Waals surface area contributed by atoms with Crippen LogP contribution in [0.25, 0.3) is 0 Å². The van der Waals surface area contributed by atoms with Crippen molar-refractivity contribution in [2.24, 2.45) is 5.73 Å². The molecule has 0 fully saturated rings. The second kappa shape index (κ2) is 7.51. The summed E-state index contributed by atoms with van der Waals surface area (Å²) < 4.78 is 11.2. The number of rotatable bonds is 7. The quantitative estimate of drug-likeness (QED) is 0.773. The minimum absolute atomic E-state index is 0.425.